The highest BCUT2D eigenvalue weighted by Crippen LogP contribution is 2.33. The van der Waals surface area contributed by atoms with E-state index in [1.54, 1.807) is 0 Å². The maximum absolute atomic E-state index is 12.0. The number of thiophene rings is 1. The number of halogens is 1. The highest BCUT2D eigenvalue weighted by molar-refractivity contribution is 7.16. The second-order valence-corrected chi connectivity index (χ2v) is 5.43. The quantitative estimate of drug-likeness (QED) is 0.710. The molecule has 1 atom stereocenters. The Morgan fingerprint density at radius 3 is 2.43 bits per heavy atom. The SMILES string of the molecule is CCC(C)C(=O)c1c(C)sc(Cl)c1C. The van der Waals surface area contributed by atoms with Gasteiger partial charge in [-0.3, -0.25) is 4.79 Å². The number of aryl methyl sites for hydroxylation is 1. The average molecular weight is 231 g/mol. The molecule has 3 heteroatoms. The first-order chi connectivity index (χ1) is 6.49. The van der Waals surface area contributed by atoms with E-state index in [0.29, 0.717) is 0 Å². The van der Waals surface area contributed by atoms with Crippen molar-refractivity contribution in [3.63, 3.8) is 0 Å². The van der Waals surface area contributed by atoms with E-state index in [4.69, 9.17) is 11.6 Å². The molecule has 1 nitrogen and oxygen atoms in total. The van der Waals surface area contributed by atoms with E-state index in [-0.39, 0.29) is 11.7 Å². The Bertz CT molecular complexity index is 354. The zero-order valence-electron chi connectivity index (χ0n) is 8.98. The summed E-state index contributed by atoms with van der Waals surface area (Å²) in [6.45, 7) is 7.87. The maximum Gasteiger partial charge on any atom is 0.167 e. The van der Waals surface area contributed by atoms with Crippen LogP contribution in [0.2, 0.25) is 4.34 Å². The maximum atomic E-state index is 12.0. The molecule has 0 aliphatic rings. The van der Waals surface area contributed by atoms with Crippen LogP contribution in [0.3, 0.4) is 0 Å². The van der Waals surface area contributed by atoms with Crippen molar-refractivity contribution in [3.8, 4) is 0 Å². The molecule has 0 aliphatic heterocycles. The van der Waals surface area contributed by atoms with Gasteiger partial charge in [0.15, 0.2) is 5.78 Å². The van der Waals surface area contributed by atoms with E-state index in [9.17, 15) is 4.79 Å². The Labute approximate surface area is 94.1 Å². The molecule has 0 saturated heterocycles. The van der Waals surface area contributed by atoms with Crippen LogP contribution in [0.4, 0.5) is 0 Å². The smallest absolute Gasteiger partial charge is 0.167 e. The summed E-state index contributed by atoms with van der Waals surface area (Å²) in [5, 5.41) is 0. The molecular formula is C11H15ClOS. The average Bonchev–Trinajstić information content (AvgIpc) is 2.39. The topological polar surface area (TPSA) is 17.1 Å². The van der Waals surface area contributed by atoms with Gasteiger partial charge in [0, 0.05) is 16.4 Å². The highest BCUT2D eigenvalue weighted by atomic mass is 35.5. The van der Waals surface area contributed by atoms with Gasteiger partial charge in [0.05, 0.1) is 4.34 Å². The lowest BCUT2D eigenvalue weighted by Gasteiger charge is -2.07. The Morgan fingerprint density at radius 2 is 2.07 bits per heavy atom. The van der Waals surface area contributed by atoms with Gasteiger partial charge >= 0.3 is 0 Å². The molecule has 14 heavy (non-hydrogen) atoms. The fourth-order valence-electron chi connectivity index (χ4n) is 1.41. The van der Waals surface area contributed by atoms with E-state index in [1.807, 2.05) is 27.7 Å². The first-order valence-electron chi connectivity index (χ1n) is 4.78. The van der Waals surface area contributed by atoms with Gasteiger partial charge in [0.1, 0.15) is 0 Å². The minimum absolute atomic E-state index is 0.0954. The van der Waals surface area contributed by atoms with Crippen molar-refractivity contribution in [2.75, 3.05) is 0 Å². The van der Waals surface area contributed by atoms with Gasteiger partial charge in [-0.1, -0.05) is 25.4 Å². The number of rotatable bonds is 3. The van der Waals surface area contributed by atoms with Crippen LogP contribution in [0.15, 0.2) is 0 Å². The molecule has 1 unspecified atom stereocenters. The van der Waals surface area contributed by atoms with E-state index in [0.717, 1.165) is 26.8 Å². The predicted octanol–water partition coefficient (Wildman–Crippen LogP) is 4.25. The van der Waals surface area contributed by atoms with Crippen molar-refractivity contribution in [3.05, 3.63) is 20.3 Å². The number of ketones is 1. The Balaban J connectivity index is 3.12. The van der Waals surface area contributed by atoms with Gasteiger partial charge in [-0.15, -0.1) is 11.3 Å². The summed E-state index contributed by atoms with van der Waals surface area (Å²) in [7, 11) is 0. The van der Waals surface area contributed by atoms with Crippen molar-refractivity contribution < 1.29 is 4.79 Å². The largest absolute Gasteiger partial charge is 0.294 e. The Morgan fingerprint density at radius 1 is 1.50 bits per heavy atom. The molecule has 0 radical (unpaired) electrons. The summed E-state index contributed by atoms with van der Waals surface area (Å²) >= 11 is 7.49. The van der Waals surface area contributed by atoms with Crippen molar-refractivity contribution in [1.82, 2.24) is 0 Å². The van der Waals surface area contributed by atoms with Crippen LogP contribution in [0, 0.1) is 19.8 Å². The summed E-state index contributed by atoms with van der Waals surface area (Å²) in [6, 6.07) is 0. The molecule has 0 saturated carbocycles. The number of hydrogen-bond donors (Lipinski definition) is 0. The standard InChI is InChI=1S/C11H15ClOS/c1-5-6(2)10(13)9-7(3)11(12)14-8(9)4/h6H,5H2,1-4H3. The summed E-state index contributed by atoms with van der Waals surface area (Å²) in [5.41, 5.74) is 1.79. The van der Waals surface area contributed by atoms with E-state index in [1.165, 1.54) is 11.3 Å². The Hall–Kier alpha value is -0.340. The second-order valence-electron chi connectivity index (χ2n) is 3.61. The molecule has 0 amide bonds. The van der Waals surface area contributed by atoms with Crippen LogP contribution in [0.5, 0.6) is 0 Å². The highest BCUT2D eigenvalue weighted by Gasteiger charge is 2.21. The van der Waals surface area contributed by atoms with Gasteiger partial charge in [-0.05, 0) is 25.8 Å². The van der Waals surface area contributed by atoms with Gasteiger partial charge in [-0.2, -0.15) is 0 Å². The molecule has 78 valence electrons. The molecule has 0 aromatic carbocycles. The van der Waals surface area contributed by atoms with Crippen molar-refractivity contribution >= 4 is 28.7 Å². The zero-order valence-corrected chi connectivity index (χ0v) is 10.6. The minimum Gasteiger partial charge on any atom is -0.294 e. The predicted molar refractivity (Wildman–Crippen MR) is 62.6 cm³/mol. The third kappa shape index (κ3) is 2.01. The first-order valence-corrected chi connectivity index (χ1v) is 5.98. The summed E-state index contributed by atoms with van der Waals surface area (Å²) in [6.07, 6.45) is 0.880. The van der Waals surface area contributed by atoms with Gasteiger partial charge in [-0.25, -0.2) is 0 Å². The summed E-state index contributed by atoms with van der Waals surface area (Å²) in [5.74, 6) is 0.323. The number of Topliss-reactive ketones (excluding diaryl/α,β-unsaturated/α-hetero) is 1. The van der Waals surface area contributed by atoms with Gasteiger partial charge in [0.2, 0.25) is 0 Å². The van der Waals surface area contributed by atoms with Gasteiger partial charge < -0.3 is 0 Å². The van der Waals surface area contributed by atoms with E-state index >= 15 is 0 Å². The van der Waals surface area contributed by atoms with Crippen LogP contribution in [0.1, 0.15) is 41.1 Å². The van der Waals surface area contributed by atoms with Crippen LogP contribution >= 0.6 is 22.9 Å². The van der Waals surface area contributed by atoms with Crippen LogP contribution in [-0.4, -0.2) is 5.78 Å². The monoisotopic (exact) mass is 230 g/mol. The van der Waals surface area contributed by atoms with Crippen LogP contribution in [-0.2, 0) is 0 Å². The minimum atomic E-state index is 0.0954. The zero-order chi connectivity index (χ0) is 10.9. The van der Waals surface area contributed by atoms with Crippen LogP contribution < -0.4 is 0 Å². The molecule has 1 heterocycles. The van der Waals surface area contributed by atoms with Crippen molar-refractivity contribution in [2.24, 2.45) is 5.92 Å². The van der Waals surface area contributed by atoms with Crippen molar-refractivity contribution in [2.45, 2.75) is 34.1 Å². The molecule has 1 aromatic rings. The number of carbonyl (C=O) groups is 1. The second kappa shape index (κ2) is 4.45. The van der Waals surface area contributed by atoms with E-state index in [2.05, 4.69) is 0 Å². The van der Waals surface area contributed by atoms with E-state index < -0.39 is 0 Å². The van der Waals surface area contributed by atoms with Gasteiger partial charge in [0.25, 0.3) is 0 Å². The fraction of sp³-hybridized carbons (Fsp3) is 0.545. The summed E-state index contributed by atoms with van der Waals surface area (Å²) < 4.78 is 0.745. The first kappa shape index (κ1) is 11.7. The molecule has 0 aliphatic carbocycles. The van der Waals surface area contributed by atoms with Crippen LogP contribution in [0.25, 0.3) is 0 Å². The lowest BCUT2D eigenvalue weighted by Crippen LogP contribution is -2.11. The molecule has 1 rings (SSSR count). The molecule has 1 aromatic heterocycles. The molecule has 0 fully saturated rings. The van der Waals surface area contributed by atoms with Crippen molar-refractivity contribution in [1.29, 1.82) is 0 Å². The third-order valence-corrected chi connectivity index (χ3v) is 4.08. The number of carbonyl (C=O) groups excluding carboxylic acids is 1. The Kier molecular flexibility index (Phi) is 3.73. The molecule has 0 bridgehead atoms. The summed E-state index contributed by atoms with van der Waals surface area (Å²) in [4.78, 5) is 13.0. The lowest BCUT2D eigenvalue weighted by atomic mass is 9.95. The molecular weight excluding hydrogens is 216 g/mol. The normalized spacial score (nSPS) is 12.9. The fourth-order valence-corrected chi connectivity index (χ4v) is 2.74. The molecule has 0 N–H and O–H groups in total. The number of hydrogen-bond acceptors (Lipinski definition) is 2. The third-order valence-electron chi connectivity index (χ3n) is 2.57. The lowest BCUT2D eigenvalue weighted by molar-refractivity contribution is 0.0926. The molecule has 0 spiro atoms.